The van der Waals surface area contributed by atoms with Gasteiger partial charge in [-0.3, -0.25) is 9.59 Å². The minimum atomic E-state index is -1.30. The molecule has 1 aromatic rings. The molecule has 3 atom stereocenters. The Hall–Kier alpha value is -1.66. The number of ether oxygens (including phenoxy) is 2. The summed E-state index contributed by atoms with van der Waals surface area (Å²) in [6, 6.07) is 10.3. The molecule has 0 aromatic heterocycles. The molecular weight excluding hydrogens is 348 g/mol. The van der Waals surface area contributed by atoms with Crippen LogP contribution in [0.4, 0.5) is 0 Å². The lowest BCUT2D eigenvalue weighted by Crippen LogP contribution is -2.34. The Morgan fingerprint density at radius 1 is 1.08 bits per heavy atom. The summed E-state index contributed by atoms with van der Waals surface area (Å²) in [7, 11) is -1.30. The third-order valence-electron chi connectivity index (χ3n) is 4.92. The summed E-state index contributed by atoms with van der Waals surface area (Å²) in [5.41, 5.74) is 0.909. The Kier molecular flexibility index (Phi) is 7.40. The van der Waals surface area contributed by atoms with Gasteiger partial charge in [0, 0.05) is 14.7 Å². The number of carbonyl (C=O) groups excluding carboxylic acids is 2. The van der Waals surface area contributed by atoms with Crippen LogP contribution in [0.1, 0.15) is 18.4 Å². The van der Waals surface area contributed by atoms with Crippen molar-refractivity contribution in [3.05, 3.63) is 35.9 Å². The van der Waals surface area contributed by atoms with Gasteiger partial charge in [-0.15, -0.1) is 0 Å². The van der Waals surface area contributed by atoms with Crippen molar-refractivity contribution >= 4 is 20.0 Å². The van der Waals surface area contributed by atoms with E-state index in [1.54, 1.807) is 0 Å². The van der Waals surface area contributed by atoms with E-state index in [1.165, 1.54) is 0 Å². The third-order valence-corrected chi connectivity index (χ3v) is 6.62. The van der Waals surface area contributed by atoms with Gasteiger partial charge in [-0.05, 0) is 30.4 Å². The third kappa shape index (κ3) is 5.95. The lowest BCUT2D eigenvalue weighted by atomic mass is 9.90. The molecule has 0 unspecified atom stereocenters. The fourth-order valence-corrected chi connectivity index (χ4v) is 4.01. The first-order valence-corrected chi connectivity index (χ1v) is 13.0. The smallest absolute Gasteiger partial charge is 0.310 e. The van der Waals surface area contributed by atoms with Crippen molar-refractivity contribution in [3.63, 3.8) is 0 Å². The van der Waals surface area contributed by atoms with Gasteiger partial charge in [0.1, 0.15) is 6.61 Å². The van der Waals surface area contributed by atoms with Crippen molar-refractivity contribution < 1.29 is 24.2 Å². The van der Waals surface area contributed by atoms with Crippen LogP contribution in [0.2, 0.25) is 25.7 Å². The van der Waals surface area contributed by atoms with Crippen molar-refractivity contribution in [3.8, 4) is 0 Å². The summed E-state index contributed by atoms with van der Waals surface area (Å²) in [5, 5.41) is 9.59. The lowest BCUT2D eigenvalue weighted by molar-refractivity contribution is -0.161. The standard InChI is InChI=1S/C20H30O5Si/c1-26(2,3)12-11-24-20(23)18-16(13-21)9-10-17(18)19(22)25-14-15-7-5-4-6-8-15/h4-8,16-18,21H,9-14H2,1-3H3/t16-,17-,18-/m0/s1. The quantitative estimate of drug-likeness (QED) is 0.555. The number of carbonyl (C=O) groups is 2. The first-order valence-electron chi connectivity index (χ1n) is 9.30. The van der Waals surface area contributed by atoms with Crippen molar-refractivity contribution in [2.75, 3.05) is 13.2 Å². The van der Waals surface area contributed by atoms with E-state index in [-0.39, 0.29) is 31.1 Å². The highest BCUT2D eigenvalue weighted by molar-refractivity contribution is 6.76. The van der Waals surface area contributed by atoms with Crippen molar-refractivity contribution in [2.45, 2.75) is 45.1 Å². The summed E-state index contributed by atoms with van der Waals surface area (Å²) in [6.07, 6.45) is 1.18. The molecule has 144 valence electrons. The molecule has 1 N–H and O–H groups in total. The van der Waals surface area contributed by atoms with Gasteiger partial charge in [0.15, 0.2) is 0 Å². The van der Waals surface area contributed by atoms with Crippen LogP contribution in [0.25, 0.3) is 0 Å². The molecular formula is C20H30O5Si. The van der Waals surface area contributed by atoms with Gasteiger partial charge in [0.05, 0.1) is 18.4 Å². The maximum Gasteiger partial charge on any atom is 0.310 e. The molecule has 0 saturated heterocycles. The van der Waals surface area contributed by atoms with E-state index < -0.39 is 19.9 Å². The summed E-state index contributed by atoms with van der Waals surface area (Å²) >= 11 is 0. The van der Waals surface area contributed by atoms with E-state index >= 15 is 0 Å². The molecule has 0 spiro atoms. The maximum atomic E-state index is 12.6. The van der Waals surface area contributed by atoms with Crippen LogP contribution in [0, 0.1) is 17.8 Å². The zero-order chi connectivity index (χ0) is 19.2. The molecule has 0 aliphatic heterocycles. The largest absolute Gasteiger partial charge is 0.466 e. The van der Waals surface area contributed by atoms with E-state index in [2.05, 4.69) is 19.6 Å². The first-order chi connectivity index (χ1) is 12.3. The Bertz CT molecular complexity index is 596. The molecule has 1 saturated carbocycles. The number of aliphatic hydroxyl groups is 1. The van der Waals surface area contributed by atoms with Gasteiger partial charge < -0.3 is 14.6 Å². The number of esters is 2. The fourth-order valence-electron chi connectivity index (χ4n) is 3.30. The number of aliphatic hydroxyl groups excluding tert-OH is 1. The second-order valence-corrected chi connectivity index (χ2v) is 13.8. The summed E-state index contributed by atoms with van der Waals surface area (Å²) in [6.45, 7) is 7.12. The van der Waals surface area contributed by atoms with Crippen LogP contribution in [0.5, 0.6) is 0 Å². The average Bonchev–Trinajstić information content (AvgIpc) is 3.03. The normalized spacial score (nSPS) is 22.8. The molecule has 6 heteroatoms. The minimum Gasteiger partial charge on any atom is -0.466 e. The molecule has 26 heavy (non-hydrogen) atoms. The molecule has 0 heterocycles. The van der Waals surface area contributed by atoms with Crippen molar-refractivity contribution in [1.29, 1.82) is 0 Å². The van der Waals surface area contributed by atoms with Gasteiger partial charge in [-0.1, -0.05) is 50.0 Å². The van der Waals surface area contributed by atoms with Gasteiger partial charge >= 0.3 is 11.9 Å². The molecule has 1 aliphatic rings. The van der Waals surface area contributed by atoms with Crippen LogP contribution in [0.3, 0.4) is 0 Å². The highest BCUT2D eigenvalue weighted by atomic mass is 28.3. The number of rotatable bonds is 8. The van der Waals surface area contributed by atoms with Crippen LogP contribution < -0.4 is 0 Å². The Balaban J connectivity index is 1.94. The molecule has 0 bridgehead atoms. The van der Waals surface area contributed by atoms with E-state index in [4.69, 9.17) is 9.47 Å². The second-order valence-electron chi connectivity index (χ2n) is 8.22. The summed E-state index contributed by atoms with van der Waals surface area (Å²) in [5.74, 6) is -2.12. The number of hydrogen-bond acceptors (Lipinski definition) is 5. The van der Waals surface area contributed by atoms with Crippen LogP contribution in [-0.2, 0) is 25.7 Å². The zero-order valence-corrected chi connectivity index (χ0v) is 16.9. The van der Waals surface area contributed by atoms with E-state index in [0.717, 1.165) is 11.6 Å². The highest BCUT2D eigenvalue weighted by Gasteiger charge is 2.46. The second kappa shape index (κ2) is 9.32. The summed E-state index contributed by atoms with van der Waals surface area (Å²) in [4.78, 5) is 25.1. The maximum absolute atomic E-state index is 12.6. The molecule has 2 rings (SSSR count). The predicted molar refractivity (Wildman–Crippen MR) is 102 cm³/mol. The van der Waals surface area contributed by atoms with Gasteiger partial charge in [-0.2, -0.15) is 0 Å². The molecule has 5 nitrogen and oxygen atoms in total. The SMILES string of the molecule is C[Si](C)(C)CCOC(=O)[C@H]1[C@H](CO)CC[C@@H]1C(=O)OCc1ccccc1. The van der Waals surface area contributed by atoms with Crippen molar-refractivity contribution in [1.82, 2.24) is 0 Å². The predicted octanol–water partition coefficient (Wildman–Crippen LogP) is 3.25. The van der Waals surface area contributed by atoms with Gasteiger partial charge in [-0.25, -0.2) is 0 Å². The number of benzene rings is 1. The molecule has 1 fully saturated rings. The highest BCUT2D eigenvalue weighted by Crippen LogP contribution is 2.38. The zero-order valence-electron chi connectivity index (χ0n) is 15.9. The van der Waals surface area contributed by atoms with Gasteiger partial charge in [0.25, 0.3) is 0 Å². The van der Waals surface area contributed by atoms with Crippen LogP contribution >= 0.6 is 0 Å². The average molecular weight is 379 g/mol. The van der Waals surface area contributed by atoms with E-state index in [1.807, 2.05) is 30.3 Å². The molecule has 0 radical (unpaired) electrons. The summed E-state index contributed by atoms with van der Waals surface area (Å²) < 4.78 is 10.9. The fraction of sp³-hybridized carbons (Fsp3) is 0.600. The number of hydrogen-bond donors (Lipinski definition) is 1. The molecule has 0 amide bonds. The molecule has 1 aliphatic carbocycles. The van der Waals surface area contributed by atoms with Crippen LogP contribution in [0.15, 0.2) is 30.3 Å². The van der Waals surface area contributed by atoms with E-state index in [0.29, 0.717) is 19.4 Å². The van der Waals surface area contributed by atoms with Crippen LogP contribution in [-0.4, -0.2) is 38.3 Å². The Morgan fingerprint density at radius 2 is 1.77 bits per heavy atom. The van der Waals surface area contributed by atoms with Gasteiger partial charge in [0.2, 0.25) is 0 Å². The topological polar surface area (TPSA) is 72.8 Å². The monoisotopic (exact) mass is 378 g/mol. The van der Waals surface area contributed by atoms with E-state index in [9.17, 15) is 14.7 Å². The minimum absolute atomic E-state index is 0.115. The lowest BCUT2D eigenvalue weighted by Gasteiger charge is -2.22. The Labute approximate surface area is 156 Å². The Morgan fingerprint density at radius 3 is 2.38 bits per heavy atom. The molecule has 1 aromatic carbocycles. The van der Waals surface area contributed by atoms with Crippen molar-refractivity contribution in [2.24, 2.45) is 17.8 Å². The first kappa shape index (κ1) is 20.6.